The monoisotopic (exact) mass is 356 g/mol. The molecule has 1 saturated heterocycles. The summed E-state index contributed by atoms with van der Waals surface area (Å²) >= 11 is 0. The van der Waals surface area contributed by atoms with Gasteiger partial charge in [-0.25, -0.2) is 13.8 Å². The van der Waals surface area contributed by atoms with Gasteiger partial charge in [0.25, 0.3) is 6.43 Å². The predicted octanol–water partition coefficient (Wildman–Crippen LogP) is 1.93. The lowest BCUT2D eigenvalue weighted by Gasteiger charge is -2.32. The van der Waals surface area contributed by atoms with Crippen molar-refractivity contribution in [1.82, 2.24) is 25.1 Å². The molecule has 0 saturated carbocycles. The first-order valence-electron chi connectivity index (χ1n) is 8.95. The molecule has 0 radical (unpaired) electrons. The molecule has 2 heterocycles. The van der Waals surface area contributed by atoms with Gasteiger partial charge in [-0.15, -0.1) is 0 Å². The van der Waals surface area contributed by atoms with Crippen LogP contribution in [0.5, 0.6) is 0 Å². The molecule has 0 bridgehead atoms. The van der Waals surface area contributed by atoms with Crippen LogP contribution in [-0.2, 0) is 13.1 Å². The fraction of sp³-hybridized carbons (Fsp3) is 0.765. The molecule has 0 atom stereocenters. The van der Waals surface area contributed by atoms with E-state index in [1.807, 2.05) is 17.3 Å². The van der Waals surface area contributed by atoms with Gasteiger partial charge in [0.2, 0.25) is 0 Å². The molecule has 1 fully saturated rings. The number of hydrogen-bond donors (Lipinski definition) is 2. The van der Waals surface area contributed by atoms with Crippen LogP contribution in [0.1, 0.15) is 32.5 Å². The Morgan fingerprint density at radius 1 is 1.32 bits per heavy atom. The van der Waals surface area contributed by atoms with Gasteiger partial charge in [-0.1, -0.05) is 13.8 Å². The van der Waals surface area contributed by atoms with E-state index in [2.05, 4.69) is 39.0 Å². The zero-order chi connectivity index (χ0) is 18.2. The first kappa shape index (κ1) is 19.6. The third-order valence-electron chi connectivity index (χ3n) is 4.33. The summed E-state index contributed by atoms with van der Waals surface area (Å²) in [7, 11) is 1.74. The summed E-state index contributed by atoms with van der Waals surface area (Å²) in [5, 5.41) is 6.69. The summed E-state index contributed by atoms with van der Waals surface area (Å²) in [6, 6.07) is 0.260. The maximum Gasteiger partial charge on any atom is 0.251 e. The van der Waals surface area contributed by atoms with Gasteiger partial charge >= 0.3 is 0 Å². The molecular weight excluding hydrogens is 326 g/mol. The average molecular weight is 356 g/mol. The largest absolute Gasteiger partial charge is 0.354 e. The summed E-state index contributed by atoms with van der Waals surface area (Å²) < 4.78 is 27.0. The van der Waals surface area contributed by atoms with Crippen LogP contribution in [0.25, 0.3) is 0 Å². The van der Waals surface area contributed by atoms with Gasteiger partial charge in [0.15, 0.2) is 5.96 Å². The Balaban J connectivity index is 1.77. The van der Waals surface area contributed by atoms with E-state index in [1.54, 1.807) is 7.05 Å². The lowest BCUT2D eigenvalue weighted by molar-refractivity contribution is 0.0744. The van der Waals surface area contributed by atoms with E-state index >= 15 is 0 Å². The Kier molecular flexibility index (Phi) is 7.61. The fourth-order valence-corrected chi connectivity index (χ4v) is 3.07. The molecule has 0 aromatic carbocycles. The van der Waals surface area contributed by atoms with Crippen LogP contribution in [0.3, 0.4) is 0 Å². The molecule has 1 aromatic rings. The molecule has 25 heavy (non-hydrogen) atoms. The second-order valence-corrected chi connectivity index (χ2v) is 6.93. The molecule has 2 N–H and O–H groups in total. The van der Waals surface area contributed by atoms with Crippen LogP contribution >= 0.6 is 0 Å². The fourth-order valence-electron chi connectivity index (χ4n) is 3.07. The van der Waals surface area contributed by atoms with Crippen molar-refractivity contribution < 1.29 is 8.78 Å². The van der Waals surface area contributed by atoms with Gasteiger partial charge in [-0.3, -0.25) is 9.89 Å². The number of nitrogens with one attached hydrogen (secondary N) is 2. The average Bonchev–Trinajstić information content (AvgIpc) is 2.99. The van der Waals surface area contributed by atoms with E-state index in [4.69, 9.17) is 0 Å². The van der Waals surface area contributed by atoms with Crippen LogP contribution in [-0.4, -0.2) is 59.6 Å². The molecule has 0 unspecified atom stereocenters. The van der Waals surface area contributed by atoms with Crippen LogP contribution in [0, 0.1) is 5.92 Å². The van der Waals surface area contributed by atoms with Crippen molar-refractivity contribution in [2.24, 2.45) is 10.9 Å². The van der Waals surface area contributed by atoms with Gasteiger partial charge in [0.05, 0.1) is 13.1 Å². The van der Waals surface area contributed by atoms with Crippen molar-refractivity contribution in [3.63, 3.8) is 0 Å². The number of aromatic nitrogens is 2. The number of piperidine rings is 1. The standard InChI is InChI=1S/C17H30F2N6/c1-13(2)11-25-9-6-21-16(25)10-22-17(20-3)23-14-4-7-24(8-5-14)12-15(18)19/h6,9,13-15H,4-5,7-8,10-12H2,1-3H3,(H2,20,22,23). The number of guanidine groups is 1. The molecule has 0 aliphatic carbocycles. The molecule has 2 rings (SSSR count). The summed E-state index contributed by atoms with van der Waals surface area (Å²) in [5.74, 6) is 2.26. The van der Waals surface area contributed by atoms with E-state index in [-0.39, 0.29) is 12.6 Å². The third kappa shape index (κ3) is 6.61. The Labute approximate surface area is 148 Å². The van der Waals surface area contributed by atoms with Gasteiger partial charge < -0.3 is 15.2 Å². The Morgan fingerprint density at radius 3 is 2.64 bits per heavy atom. The zero-order valence-corrected chi connectivity index (χ0v) is 15.4. The lowest BCUT2D eigenvalue weighted by atomic mass is 10.1. The number of nitrogens with zero attached hydrogens (tertiary/aromatic N) is 4. The number of hydrogen-bond acceptors (Lipinski definition) is 3. The first-order chi connectivity index (χ1) is 12.0. The molecule has 0 spiro atoms. The zero-order valence-electron chi connectivity index (χ0n) is 15.4. The Bertz CT molecular complexity index is 535. The van der Waals surface area contributed by atoms with Crippen molar-refractivity contribution in [1.29, 1.82) is 0 Å². The second-order valence-electron chi connectivity index (χ2n) is 6.93. The minimum atomic E-state index is -2.26. The van der Waals surface area contributed by atoms with Gasteiger partial charge in [0, 0.05) is 45.1 Å². The van der Waals surface area contributed by atoms with E-state index < -0.39 is 6.43 Å². The molecule has 1 aliphatic rings. The van der Waals surface area contributed by atoms with Crippen LogP contribution in [0.15, 0.2) is 17.4 Å². The lowest BCUT2D eigenvalue weighted by Crippen LogP contribution is -2.49. The number of imidazole rings is 1. The van der Waals surface area contributed by atoms with E-state index in [0.29, 0.717) is 25.6 Å². The van der Waals surface area contributed by atoms with Gasteiger partial charge in [-0.2, -0.15) is 0 Å². The number of halogens is 2. The van der Waals surface area contributed by atoms with Crippen molar-refractivity contribution in [3.8, 4) is 0 Å². The maximum absolute atomic E-state index is 12.4. The third-order valence-corrected chi connectivity index (χ3v) is 4.33. The predicted molar refractivity (Wildman–Crippen MR) is 95.9 cm³/mol. The molecule has 142 valence electrons. The van der Waals surface area contributed by atoms with E-state index in [9.17, 15) is 8.78 Å². The van der Waals surface area contributed by atoms with E-state index in [1.165, 1.54) is 0 Å². The van der Waals surface area contributed by atoms with Crippen molar-refractivity contribution in [2.75, 3.05) is 26.7 Å². The first-order valence-corrected chi connectivity index (χ1v) is 8.95. The number of alkyl halides is 2. The highest BCUT2D eigenvalue weighted by Gasteiger charge is 2.22. The maximum atomic E-state index is 12.4. The van der Waals surface area contributed by atoms with Crippen molar-refractivity contribution >= 4 is 5.96 Å². The number of rotatable bonds is 7. The Morgan fingerprint density at radius 2 is 2.04 bits per heavy atom. The van der Waals surface area contributed by atoms with Gasteiger partial charge in [0.1, 0.15) is 5.82 Å². The van der Waals surface area contributed by atoms with Crippen LogP contribution in [0.4, 0.5) is 8.78 Å². The van der Waals surface area contributed by atoms with Crippen molar-refractivity contribution in [2.45, 2.75) is 52.2 Å². The molecule has 1 aliphatic heterocycles. The minimum absolute atomic E-state index is 0.127. The minimum Gasteiger partial charge on any atom is -0.354 e. The number of aliphatic imine (C=N–C) groups is 1. The smallest absolute Gasteiger partial charge is 0.251 e. The highest BCUT2D eigenvalue weighted by atomic mass is 19.3. The van der Waals surface area contributed by atoms with Crippen molar-refractivity contribution in [3.05, 3.63) is 18.2 Å². The summed E-state index contributed by atoms with van der Waals surface area (Å²) in [6.45, 7) is 7.15. The van der Waals surface area contributed by atoms with Crippen LogP contribution < -0.4 is 10.6 Å². The topological polar surface area (TPSA) is 57.5 Å². The summed E-state index contributed by atoms with van der Waals surface area (Å²) in [5.41, 5.74) is 0. The molecule has 8 heteroatoms. The quantitative estimate of drug-likeness (QED) is 0.579. The Hall–Kier alpha value is -1.70. The molecule has 6 nitrogen and oxygen atoms in total. The highest BCUT2D eigenvalue weighted by Crippen LogP contribution is 2.12. The summed E-state index contributed by atoms with van der Waals surface area (Å²) in [4.78, 5) is 10.5. The number of likely N-dealkylation sites (tertiary alicyclic amines) is 1. The SMILES string of the molecule is CN=C(NCc1nccn1CC(C)C)NC1CCN(CC(F)F)CC1. The van der Waals surface area contributed by atoms with Crippen LogP contribution in [0.2, 0.25) is 0 Å². The van der Waals surface area contributed by atoms with E-state index in [0.717, 1.165) is 31.2 Å². The molecular formula is C17H30F2N6. The summed E-state index contributed by atoms with van der Waals surface area (Å²) in [6.07, 6.45) is 3.24. The molecule has 0 amide bonds. The van der Waals surface area contributed by atoms with Gasteiger partial charge in [-0.05, 0) is 18.8 Å². The normalized spacial score (nSPS) is 17.5. The second kappa shape index (κ2) is 9.70. The highest BCUT2D eigenvalue weighted by molar-refractivity contribution is 5.79. The molecule has 1 aromatic heterocycles.